The Bertz CT molecular complexity index is 1050. The first-order valence-electron chi connectivity index (χ1n) is 9.08. The first kappa shape index (κ1) is 18.0. The van der Waals surface area contributed by atoms with E-state index in [4.69, 9.17) is 10.2 Å². The van der Waals surface area contributed by atoms with E-state index in [2.05, 4.69) is 10.6 Å². The Balaban J connectivity index is 1.53. The van der Waals surface area contributed by atoms with Crippen molar-refractivity contribution in [3.63, 3.8) is 0 Å². The van der Waals surface area contributed by atoms with E-state index in [9.17, 15) is 14.0 Å². The number of aryl methyl sites for hydroxylation is 1. The largest absolute Gasteiger partial charge is 0.459 e. The number of urea groups is 1. The van der Waals surface area contributed by atoms with Gasteiger partial charge in [-0.2, -0.15) is 0 Å². The maximum atomic E-state index is 13.6. The van der Waals surface area contributed by atoms with Gasteiger partial charge in [0.1, 0.15) is 17.2 Å². The molecule has 3 amide bonds. The Morgan fingerprint density at radius 2 is 1.89 bits per heavy atom. The van der Waals surface area contributed by atoms with Crippen LogP contribution in [0.3, 0.4) is 0 Å². The summed E-state index contributed by atoms with van der Waals surface area (Å²) in [5.41, 5.74) is 7.56. The molecule has 4 N–H and O–H groups in total. The second-order valence-electron chi connectivity index (χ2n) is 7.09. The molecule has 0 bridgehead atoms. The van der Waals surface area contributed by atoms with Crippen LogP contribution >= 0.6 is 0 Å². The smallest absolute Gasteiger partial charge is 0.319 e. The van der Waals surface area contributed by atoms with Crippen LogP contribution in [0.4, 0.5) is 14.9 Å². The summed E-state index contributed by atoms with van der Waals surface area (Å²) in [7, 11) is 0. The molecule has 6 nitrogen and oxygen atoms in total. The maximum absolute atomic E-state index is 13.6. The number of amides is 3. The number of nitrogens with two attached hydrogens (primary N) is 1. The van der Waals surface area contributed by atoms with E-state index in [0.717, 1.165) is 18.4 Å². The molecule has 1 fully saturated rings. The molecule has 0 saturated heterocycles. The minimum Gasteiger partial charge on any atom is -0.459 e. The summed E-state index contributed by atoms with van der Waals surface area (Å²) >= 11 is 0. The van der Waals surface area contributed by atoms with E-state index in [0.29, 0.717) is 28.0 Å². The highest BCUT2D eigenvalue weighted by molar-refractivity contribution is 5.94. The molecule has 0 unspecified atom stereocenters. The van der Waals surface area contributed by atoms with Crippen LogP contribution in [0, 0.1) is 18.7 Å². The number of carbonyl (C=O) groups excluding carboxylic acids is 2. The van der Waals surface area contributed by atoms with Crippen molar-refractivity contribution < 1.29 is 18.4 Å². The number of rotatable bonds is 5. The van der Waals surface area contributed by atoms with Gasteiger partial charge in [0.05, 0.1) is 6.04 Å². The van der Waals surface area contributed by atoms with Crippen molar-refractivity contribution in [3.05, 3.63) is 65.2 Å². The Morgan fingerprint density at radius 1 is 1.18 bits per heavy atom. The lowest BCUT2D eigenvalue weighted by atomic mass is 10.0. The molecule has 144 valence electrons. The van der Waals surface area contributed by atoms with Crippen molar-refractivity contribution in [1.29, 1.82) is 0 Å². The van der Waals surface area contributed by atoms with Gasteiger partial charge in [-0.3, -0.25) is 4.79 Å². The zero-order chi connectivity index (χ0) is 19.8. The monoisotopic (exact) mass is 381 g/mol. The van der Waals surface area contributed by atoms with Crippen molar-refractivity contribution >= 4 is 28.6 Å². The SMILES string of the molecule is Cc1c([C@@H](NC(=O)Nc2ccc(C(N)=O)cc2)C2CC2)oc2ccc(F)cc12. The van der Waals surface area contributed by atoms with Crippen molar-refractivity contribution in [3.8, 4) is 0 Å². The van der Waals surface area contributed by atoms with Gasteiger partial charge in [-0.05, 0) is 68.1 Å². The van der Waals surface area contributed by atoms with Gasteiger partial charge in [0.25, 0.3) is 0 Å². The number of fused-ring (bicyclic) bond motifs is 1. The van der Waals surface area contributed by atoms with Gasteiger partial charge in [0.2, 0.25) is 5.91 Å². The van der Waals surface area contributed by atoms with Gasteiger partial charge >= 0.3 is 6.03 Å². The number of primary amides is 1. The second-order valence-corrected chi connectivity index (χ2v) is 7.09. The van der Waals surface area contributed by atoms with Crippen LogP contribution in [0.15, 0.2) is 46.9 Å². The molecular weight excluding hydrogens is 361 g/mol. The van der Waals surface area contributed by atoms with Gasteiger partial charge in [-0.25, -0.2) is 9.18 Å². The van der Waals surface area contributed by atoms with Crippen LogP contribution in [0.2, 0.25) is 0 Å². The standard InChI is InChI=1S/C21H20FN3O3/c1-11-16-10-14(22)6-9-17(16)28-19(11)18(12-2-3-12)25-21(27)24-15-7-4-13(5-8-15)20(23)26/h4-10,12,18H,2-3H2,1H3,(H2,23,26)(H2,24,25,27)/t18-/m0/s1. The maximum Gasteiger partial charge on any atom is 0.319 e. The molecule has 1 atom stereocenters. The minimum absolute atomic E-state index is 0.284. The number of furan rings is 1. The number of carbonyl (C=O) groups is 2. The lowest BCUT2D eigenvalue weighted by Gasteiger charge is -2.17. The van der Waals surface area contributed by atoms with E-state index in [-0.39, 0.29) is 23.8 Å². The molecule has 28 heavy (non-hydrogen) atoms. The lowest BCUT2D eigenvalue weighted by molar-refractivity contribution is 0.100. The van der Waals surface area contributed by atoms with E-state index in [1.807, 2.05) is 6.92 Å². The van der Waals surface area contributed by atoms with Gasteiger partial charge in [-0.15, -0.1) is 0 Å². The van der Waals surface area contributed by atoms with Crippen LogP contribution in [0.25, 0.3) is 11.0 Å². The Hall–Kier alpha value is -3.35. The van der Waals surface area contributed by atoms with Gasteiger partial charge in [0.15, 0.2) is 0 Å². The summed E-state index contributed by atoms with van der Waals surface area (Å²) < 4.78 is 19.5. The highest BCUT2D eigenvalue weighted by Crippen LogP contribution is 2.44. The van der Waals surface area contributed by atoms with Gasteiger partial charge in [-0.1, -0.05) is 0 Å². The zero-order valence-corrected chi connectivity index (χ0v) is 15.3. The highest BCUT2D eigenvalue weighted by atomic mass is 19.1. The van der Waals surface area contributed by atoms with Crippen molar-refractivity contribution in [2.45, 2.75) is 25.8 Å². The van der Waals surface area contributed by atoms with E-state index < -0.39 is 5.91 Å². The molecule has 0 aliphatic heterocycles. The number of halogens is 1. The summed E-state index contributed by atoms with van der Waals surface area (Å²) in [6, 6.07) is 10.1. The molecule has 0 radical (unpaired) electrons. The van der Waals surface area contributed by atoms with Crippen LogP contribution in [-0.2, 0) is 0 Å². The Labute approximate surface area is 160 Å². The third kappa shape index (κ3) is 3.55. The number of nitrogens with one attached hydrogen (secondary N) is 2. The van der Waals surface area contributed by atoms with Crippen LogP contribution in [0.1, 0.15) is 40.6 Å². The average molecular weight is 381 g/mol. The topological polar surface area (TPSA) is 97.4 Å². The fourth-order valence-corrected chi connectivity index (χ4v) is 3.36. The number of benzene rings is 2. The molecule has 1 aromatic heterocycles. The quantitative estimate of drug-likeness (QED) is 0.616. The fourth-order valence-electron chi connectivity index (χ4n) is 3.36. The predicted molar refractivity (Wildman–Crippen MR) is 103 cm³/mol. The van der Waals surface area contributed by atoms with Crippen LogP contribution < -0.4 is 16.4 Å². The molecule has 2 aromatic carbocycles. The normalized spacial score (nSPS) is 14.6. The van der Waals surface area contributed by atoms with Gasteiger partial charge in [0, 0.05) is 22.2 Å². The molecule has 0 spiro atoms. The molecule has 1 aliphatic carbocycles. The van der Waals surface area contributed by atoms with Crippen molar-refractivity contribution in [2.75, 3.05) is 5.32 Å². The molecule has 7 heteroatoms. The lowest BCUT2D eigenvalue weighted by Crippen LogP contribution is -2.33. The molecule has 1 saturated carbocycles. The van der Waals surface area contributed by atoms with E-state index in [1.54, 1.807) is 30.3 Å². The van der Waals surface area contributed by atoms with Crippen molar-refractivity contribution in [2.24, 2.45) is 11.7 Å². The van der Waals surface area contributed by atoms with E-state index in [1.165, 1.54) is 12.1 Å². The average Bonchev–Trinajstić information content (AvgIpc) is 3.45. The first-order valence-corrected chi connectivity index (χ1v) is 9.08. The summed E-state index contributed by atoms with van der Waals surface area (Å²) in [5.74, 6) is 0.0899. The second kappa shape index (κ2) is 6.99. The third-order valence-corrected chi connectivity index (χ3v) is 5.02. The zero-order valence-electron chi connectivity index (χ0n) is 15.3. The summed E-state index contributed by atoms with van der Waals surface area (Å²) in [4.78, 5) is 23.6. The molecule has 1 aliphatic rings. The fraction of sp³-hybridized carbons (Fsp3) is 0.238. The molecule has 3 aromatic rings. The predicted octanol–water partition coefficient (Wildman–Crippen LogP) is 4.25. The molecular formula is C21H20FN3O3. The summed E-state index contributed by atoms with van der Waals surface area (Å²) in [5, 5.41) is 6.43. The number of hydrogen-bond acceptors (Lipinski definition) is 3. The third-order valence-electron chi connectivity index (χ3n) is 5.02. The Kier molecular flexibility index (Phi) is 4.50. The Morgan fingerprint density at radius 3 is 2.54 bits per heavy atom. The molecule has 4 rings (SSSR count). The highest BCUT2D eigenvalue weighted by Gasteiger charge is 2.37. The number of anilines is 1. The van der Waals surface area contributed by atoms with E-state index >= 15 is 0 Å². The first-order chi connectivity index (χ1) is 13.4. The summed E-state index contributed by atoms with van der Waals surface area (Å²) in [6.07, 6.45) is 1.98. The summed E-state index contributed by atoms with van der Waals surface area (Å²) in [6.45, 7) is 1.87. The van der Waals surface area contributed by atoms with Crippen molar-refractivity contribution in [1.82, 2.24) is 5.32 Å². The van der Waals surface area contributed by atoms with Gasteiger partial charge < -0.3 is 20.8 Å². The van der Waals surface area contributed by atoms with Crippen LogP contribution in [0.5, 0.6) is 0 Å². The minimum atomic E-state index is -0.526. The molecule has 1 heterocycles. The number of hydrogen-bond donors (Lipinski definition) is 3. The van der Waals surface area contributed by atoms with Crippen LogP contribution in [-0.4, -0.2) is 11.9 Å².